The molecule has 2 heterocycles. The number of nitrogens with one attached hydrogen (secondary N) is 2. The summed E-state index contributed by atoms with van der Waals surface area (Å²) in [5, 5.41) is 13.5. The number of aromatic nitrogens is 4. The van der Waals surface area contributed by atoms with Crippen molar-refractivity contribution in [3.63, 3.8) is 0 Å². The molecule has 0 atom stereocenters. The Morgan fingerprint density at radius 3 is 3.21 bits per heavy atom. The molecule has 0 bridgehead atoms. The van der Waals surface area contributed by atoms with Crippen LogP contribution >= 0.6 is 11.3 Å². The second kappa shape index (κ2) is 7.84. The molecule has 0 saturated heterocycles. The summed E-state index contributed by atoms with van der Waals surface area (Å²) in [6.45, 7) is 1.72. The highest BCUT2D eigenvalue weighted by molar-refractivity contribution is 7.16. The lowest BCUT2D eigenvalue weighted by molar-refractivity contribution is 0.190. The maximum absolute atomic E-state index is 12.0. The third kappa shape index (κ3) is 4.06. The highest BCUT2D eigenvalue weighted by atomic mass is 32.1. The lowest BCUT2D eigenvalue weighted by atomic mass is 10.3. The summed E-state index contributed by atoms with van der Waals surface area (Å²) in [5.41, 5.74) is 3.36. The van der Waals surface area contributed by atoms with Crippen molar-refractivity contribution in [1.29, 1.82) is 0 Å². The Morgan fingerprint density at radius 2 is 2.33 bits per heavy atom. The van der Waals surface area contributed by atoms with Crippen LogP contribution < -0.4 is 10.6 Å². The van der Waals surface area contributed by atoms with Crippen LogP contribution in [-0.2, 0) is 17.8 Å². The molecule has 8 nitrogen and oxygen atoms in total. The largest absolute Gasteiger partial charge is 0.385 e. The van der Waals surface area contributed by atoms with Gasteiger partial charge in [-0.3, -0.25) is 0 Å². The van der Waals surface area contributed by atoms with Gasteiger partial charge in [-0.2, -0.15) is 0 Å². The number of carbonyl (C=O) groups is 1. The van der Waals surface area contributed by atoms with E-state index < -0.39 is 0 Å². The number of nitrogens with zero attached hydrogens (tertiary/aromatic N) is 4. The molecule has 2 aromatic heterocycles. The molecule has 126 valence electrons. The number of anilines is 1. The first kappa shape index (κ1) is 16.3. The van der Waals surface area contributed by atoms with Crippen LogP contribution in [0.1, 0.15) is 12.2 Å². The van der Waals surface area contributed by atoms with E-state index in [9.17, 15) is 4.79 Å². The Hall–Kier alpha value is -2.52. The van der Waals surface area contributed by atoms with Crippen LogP contribution in [0.15, 0.2) is 30.0 Å². The van der Waals surface area contributed by atoms with E-state index in [1.807, 2.05) is 22.8 Å². The highest BCUT2D eigenvalue weighted by Gasteiger charge is 2.08. The topological polar surface area (TPSA) is 94.0 Å². The van der Waals surface area contributed by atoms with Gasteiger partial charge in [0, 0.05) is 25.9 Å². The predicted octanol–water partition coefficient (Wildman–Crippen LogP) is 2.25. The number of fused-ring (bicyclic) bond motifs is 1. The minimum atomic E-state index is -0.295. The van der Waals surface area contributed by atoms with Crippen LogP contribution in [0.5, 0.6) is 0 Å². The molecule has 0 saturated carbocycles. The lowest BCUT2D eigenvalue weighted by Crippen LogP contribution is -2.29. The van der Waals surface area contributed by atoms with Gasteiger partial charge >= 0.3 is 6.03 Å². The molecule has 3 rings (SSSR count). The summed E-state index contributed by atoms with van der Waals surface area (Å²) in [6.07, 6.45) is 2.52. The Kier molecular flexibility index (Phi) is 5.34. The van der Waals surface area contributed by atoms with Gasteiger partial charge in [-0.15, -0.1) is 21.5 Å². The van der Waals surface area contributed by atoms with Crippen molar-refractivity contribution < 1.29 is 9.53 Å². The van der Waals surface area contributed by atoms with Crippen molar-refractivity contribution in [2.45, 2.75) is 19.5 Å². The number of thiazole rings is 1. The van der Waals surface area contributed by atoms with Gasteiger partial charge in [-0.1, -0.05) is 0 Å². The van der Waals surface area contributed by atoms with Gasteiger partial charge in [0.1, 0.15) is 6.33 Å². The molecule has 9 heteroatoms. The van der Waals surface area contributed by atoms with Gasteiger partial charge in [0.05, 0.1) is 22.3 Å². The van der Waals surface area contributed by atoms with E-state index in [0.29, 0.717) is 24.7 Å². The van der Waals surface area contributed by atoms with Crippen molar-refractivity contribution >= 4 is 33.3 Å². The third-order valence-corrected chi connectivity index (χ3v) is 4.25. The molecule has 3 aromatic rings. The molecule has 0 aliphatic rings. The zero-order chi connectivity index (χ0) is 16.8. The first-order valence-corrected chi connectivity index (χ1v) is 8.38. The quantitative estimate of drug-likeness (QED) is 0.640. The maximum Gasteiger partial charge on any atom is 0.319 e. The van der Waals surface area contributed by atoms with E-state index in [1.165, 1.54) is 0 Å². The molecule has 0 aliphatic heterocycles. The molecule has 0 radical (unpaired) electrons. The van der Waals surface area contributed by atoms with E-state index in [0.717, 1.165) is 23.2 Å². The molecule has 0 fully saturated rings. The summed E-state index contributed by atoms with van der Waals surface area (Å²) >= 11 is 1.57. The van der Waals surface area contributed by atoms with Crippen molar-refractivity contribution in [2.24, 2.45) is 0 Å². The number of ether oxygens (including phenoxy) is 1. The first-order valence-electron chi connectivity index (χ1n) is 7.50. The summed E-state index contributed by atoms with van der Waals surface area (Å²) < 4.78 is 8.02. The normalized spacial score (nSPS) is 10.9. The Balaban J connectivity index is 1.53. The predicted molar refractivity (Wildman–Crippen MR) is 92.0 cm³/mol. The second-order valence-corrected chi connectivity index (χ2v) is 6.02. The van der Waals surface area contributed by atoms with E-state index in [-0.39, 0.29) is 6.03 Å². The smallest absolute Gasteiger partial charge is 0.319 e. The number of carbonyl (C=O) groups excluding carboxylic acids is 1. The molecule has 0 unspecified atom stereocenters. The number of amides is 2. The number of urea groups is 1. The monoisotopic (exact) mass is 346 g/mol. The number of rotatable bonds is 7. The average Bonchev–Trinajstić information content (AvgIpc) is 3.21. The SMILES string of the molecule is COCCCn1cnnc1CNC(=O)Nc1ccc2scnc2c1. The van der Waals surface area contributed by atoms with Gasteiger partial charge in [0.15, 0.2) is 5.82 Å². The number of benzene rings is 1. The molecule has 2 amide bonds. The number of hydrogen-bond donors (Lipinski definition) is 2. The molecular weight excluding hydrogens is 328 g/mol. The molecule has 2 N–H and O–H groups in total. The molecular formula is C15H18N6O2S. The highest BCUT2D eigenvalue weighted by Crippen LogP contribution is 2.21. The molecule has 1 aromatic carbocycles. The first-order chi connectivity index (χ1) is 11.8. The van der Waals surface area contributed by atoms with Gasteiger partial charge in [-0.25, -0.2) is 9.78 Å². The van der Waals surface area contributed by atoms with Gasteiger partial charge in [0.25, 0.3) is 0 Å². The van der Waals surface area contributed by atoms with Crippen LogP contribution in [0.3, 0.4) is 0 Å². The summed E-state index contributed by atoms with van der Waals surface area (Å²) in [5.74, 6) is 0.705. The summed E-state index contributed by atoms with van der Waals surface area (Å²) in [4.78, 5) is 16.3. The molecule has 24 heavy (non-hydrogen) atoms. The lowest BCUT2D eigenvalue weighted by Gasteiger charge is -2.09. The van der Waals surface area contributed by atoms with E-state index in [4.69, 9.17) is 4.74 Å². The van der Waals surface area contributed by atoms with Crippen LogP contribution in [0.25, 0.3) is 10.2 Å². The third-order valence-electron chi connectivity index (χ3n) is 3.44. The van der Waals surface area contributed by atoms with Crippen molar-refractivity contribution in [1.82, 2.24) is 25.1 Å². The Labute approximate surface area is 142 Å². The van der Waals surface area contributed by atoms with Crippen LogP contribution in [0.4, 0.5) is 10.5 Å². The van der Waals surface area contributed by atoms with Crippen LogP contribution in [-0.4, -0.2) is 39.5 Å². The van der Waals surface area contributed by atoms with Gasteiger partial charge in [-0.05, 0) is 24.6 Å². The molecule has 0 spiro atoms. The molecule has 0 aliphatic carbocycles. The fraction of sp³-hybridized carbons (Fsp3) is 0.333. The minimum Gasteiger partial charge on any atom is -0.385 e. The zero-order valence-electron chi connectivity index (χ0n) is 13.2. The minimum absolute atomic E-state index is 0.295. The second-order valence-electron chi connectivity index (χ2n) is 5.13. The average molecular weight is 346 g/mol. The number of aryl methyl sites for hydroxylation is 1. The zero-order valence-corrected chi connectivity index (χ0v) is 14.0. The summed E-state index contributed by atoms with van der Waals surface area (Å²) in [7, 11) is 1.67. The van der Waals surface area contributed by atoms with Crippen molar-refractivity contribution in [3.8, 4) is 0 Å². The van der Waals surface area contributed by atoms with E-state index in [2.05, 4.69) is 25.8 Å². The van der Waals surface area contributed by atoms with E-state index in [1.54, 1.807) is 30.3 Å². The van der Waals surface area contributed by atoms with Crippen LogP contribution in [0.2, 0.25) is 0 Å². The van der Waals surface area contributed by atoms with Gasteiger partial charge in [0.2, 0.25) is 0 Å². The fourth-order valence-corrected chi connectivity index (χ4v) is 2.91. The Morgan fingerprint density at radius 1 is 1.42 bits per heavy atom. The number of methoxy groups -OCH3 is 1. The van der Waals surface area contributed by atoms with Crippen molar-refractivity contribution in [2.75, 3.05) is 19.0 Å². The fourth-order valence-electron chi connectivity index (χ4n) is 2.25. The Bertz CT molecular complexity index is 815. The van der Waals surface area contributed by atoms with Crippen molar-refractivity contribution in [3.05, 3.63) is 35.9 Å². The number of hydrogen-bond acceptors (Lipinski definition) is 6. The summed E-state index contributed by atoms with van der Waals surface area (Å²) in [6, 6.07) is 5.34. The van der Waals surface area contributed by atoms with Gasteiger partial charge < -0.3 is 19.9 Å². The maximum atomic E-state index is 12.0. The van der Waals surface area contributed by atoms with Crippen LogP contribution in [0, 0.1) is 0 Å². The standard InChI is InChI=1S/C15H18N6O2S/c1-23-6-2-5-21-9-18-20-14(21)8-16-15(22)19-11-3-4-13-12(7-11)17-10-24-13/h3-4,7,9-10H,2,5-6,8H2,1H3,(H2,16,19,22). The van der Waals surface area contributed by atoms with E-state index >= 15 is 0 Å².